The fourth-order valence-electron chi connectivity index (χ4n) is 2.24. The van der Waals surface area contributed by atoms with E-state index < -0.39 is 0 Å². The molecule has 0 amide bonds. The summed E-state index contributed by atoms with van der Waals surface area (Å²) in [4.78, 5) is 6.44. The molecule has 0 aromatic heterocycles. The largest absolute Gasteiger partial charge is 0.497 e. The molecule has 0 radical (unpaired) electrons. The molecule has 2 aromatic rings. The molecule has 0 bridgehead atoms. The number of benzene rings is 2. The highest BCUT2D eigenvalue weighted by Crippen LogP contribution is 2.12. The molecule has 0 atom stereocenters. The van der Waals surface area contributed by atoms with Crippen molar-refractivity contribution in [3.05, 3.63) is 65.7 Å². The predicted octanol–water partition coefficient (Wildman–Crippen LogP) is 2.90. The highest BCUT2D eigenvalue weighted by Gasteiger charge is 2.06. The summed E-state index contributed by atoms with van der Waals surface area (Å²) < 4.78 is 5.18. The molecular formula is C18H23N3O. The Balaban J connectivity index is 1.92. The van der Waals surface area contributed by atoms with Crippen molar-refractivity contribution < 1.29 is 4.74 Å². The van der Waals surface area contributed by atoms with Gasteiger partial charge >= 0.3 is 0 Å². The Morgan fingerprint density at radius 3 is 2.32 bits per heavy atom. The summed E-state index contributed by atoms with van der Waals surface area (Å²) in [6.45, 7) is 1.55. The van der Waals surface area contributed by atoms with E-state index in [1.165, 1.54) is 11.1 Å². The summed E-state index contributed by atoms with van der Waals surface area (Å²) in [5.41, 5.74) is 2.45. The Hall–Kier alpha value is -2.49. The lowest BCUT2D eigenvalue weighted by molar-refractivity contribution is 0.414. The first kappa shape index (κ1) is 15.9. The molecule has 0 fully saturated rings. The summed E-state index contributed by atoms with van der Waals surface area (Å²) in [7, 11) is 5.51. The molecule has 0 saturated heterocycles. The van der Waals surface area contributed by atoms with Gasteiger partial charge in [0, 0.05) is 27.2 Å². The van der Waals surface area contributed by atoms with E-state index in [1.54, 1.807) is 14.2 Å². The Bertz CT molecular complexity index is 593. The van der Waals surface area contributed by atoms with Crippen LogP contribution in [0.2, 0.25) is 0 Å². The van der Waals surface area contributed by atoms with E-state index in [0.29, 0.717) is 0 Å². The average molecular weight is 297 g/mol. The van der Waals surface area contributed by atoms with Crippen molar-refractivity contribution in [3.63, 3.8) is 0 Å². The molecule has 0 aliphatic heterocycles. The van der Waals surface area contributed by atoms with Crippen molar-refractivity contribution in [1.29, 1.82) is 0 Å². The van der Waals surface area contributed by atoms with Gasteiger partial charge in [-0.2, -0.15) is 0 Å². The zero-order valence-corrected chi connectivity index (χ0v) is 13.4. The van der Waals surface area contributed by atoms with Crippen LogP contribution < -0.4 is 10.1 Å². The minimum atomic E-state index is 0.764. The van der Waals surface area contributed by atoms with Crippen molar-refractivity contribution in [1.82, 2.24) is 10.2 Å². The second-order valence-corrected chi connectivity index (χ2v) is 5.09. The molecule has 2 aromatic carbocycles. The third kappa shape index (κ3) is 4.52. The SMILES string of the molecule is CN=C(NCc1ccccc1)N(C)Cc1ccc(OC)cc1. The number of ether oxygens (including phenoxy) is 1. The fraction of sp³-hybridized carbons (Fsp3) is 0.278. The number of guanidine groups is 1. The molecule has 22 heavy (non-hydrogen) atoms. The van der Waals surface area contributed by atoms with Gasteiger partial charge in [0.1, 0.15) is 5.75 Å². The summed E-state index contributed by atoms with van der Waals surface area (Å²) in [5, 5.41) is 3.38. The highest BCUT2D eigenvalue weighted by molar-refractivity contribution is 5.79. The van der Waals surface area contributed by atoms with Crippen LogP contribution >= 0.6 is 0 Å². The second-order valence-electron chi connectivity index (χ2n) is 5.09. The third-order valence-electron chi connectivity index (χ3n) is 3.45. The van der Waals surface area contributed by atoms with Crippen molar-refractivity contribution in [3.8, 4) is 5.75 Å². The molecule has 0 aliphatic rings. The minimum Gasteiger partial charge on any atom is -0.497 e. The Labute approximate surface area is 132 Å². The standard InChI is InChI=1S/C18H23N3O/c1-19-18(20-13-15-7-5-4-6-8-15)21(2)14-16-9-11-17(22-3)12-10-16/h4-12H,13-14H2,1-3H3,(H,19,20). The van der Waals surface area contributed by atoms with E-state index in [0.717, 1.165) is 24.8 Å². The lowest BCUT2D eigenvalue weighted by atomic mass is 10.2. The van der Waals surface area contributed by atoms with Crippen LogP contribution in [0.5, 0.6) is 5.75 Å². The normalized spacial score (nSPS) is 11.1. The molecule has 4 nitrogen and oxygen atoms in total. The molecule has 0 aliphatic carbocycles. The van der Waals surface area contributed by atoms with Crippen molar-refractivity contribution in [2.24, 2.45) is 4.99 Å². The van der Waals surface area contributed by atoms with Crippen molar-refractivity contribution in [2.45, 2.75) is 13.1 Å². The first-order chi connectivity index (χ1) is 10.7. The number of hydrogen-bond donors (Lipinski definition) is 1. The van der Waals surface area contributed by atoms with Crippen LogP contribution in [0.25, 0.3) is 0 Å². The number of methoxy groups -OCH3 is 1. The molecule has 0 saturated carbocycles. The molecule has 116 valence electrons. The number of nitrogens with zero attached hydrogens (tertiary/aromatic N) is 2. The van der Waals surface area contributed by atoms with Crippen LogP contribution in [0.15, 0.2) is 59.6 Å². The molecule has 0 unspecified atom stereocenters. The van der Waals surface area contributed by atoms with Crippen LogP contribution in [0, 0.1) is 0 Å². The van der Waals surface area contributed by atoms with Crippen molar-refractivity contribution in [2.75, 3.05) is 21.2 Å². The number of rotatable bonds is 5. The summed E-state index contributed by atoms with van der Waals surface area (Å²) in [6, 6.07) is 18.4. The summed E-state index contributed by atoms with van der Waals surface area (Å²) in [6.07, 6.45) is 0. The first-order valence-electron chi connectivity index (χ1n) is 7.31. The van der Waals surface area contributed by atoms with Gasteiger partial charge in [-0.15, -0.1) is 0 Å². The van der Waals surface area contributed by atoms with Gasteiger partial charge in [0.05, 0.1) is 7.11 Å². The number of nitrogens with one attached hydrogen (secondary N) is 1. The monoisotopic (exact) mass is 297 g/mol. The second kappa shape index (κ2) is 8.08. The molecule has 4 heteroatoms. The number of hydrogen-bond acceptors (Lipinski definition) is 2. The quantitative estimate of drug-likeness (QED) is 0.681. The van der Waals surface area contributed by atoms with Gasteiger partial charge in [0.15, 0.2) is 5.96 Å². The predicted molar refractivity (Wildman–Crippen MR) is 91.1 cm³/mol. The van der Waals surface area contributed by atoms with Gasteiger partial charge in [-0.3, -0.25) is 4.99 Å². The lowest BCUT2D eigenvalue weighted by Crippen LogP contribution is -2.38. The van der Waals surface area contributed by atoms with E-state index in [4.69, 9.17) is 4.74 Å². The number of aliphatic imine (C=N–C) groups is 1. The van der Waals surface area contributed by atoms with E-state index >= 15 is 0 Å². The third-order valence-corrected chi connectivity index (χ3v) is 3.45. The van der Waals surface area contributed by atoms with Gasteiger partial charge in [0.25, 0.3) is 0 Å². The van der Waals surface area contributed by atoms with Crippen LogP contribution in [-0.4, -0.2) is 32.1 Å². The Morgan fingerprint density at radius 1 is 1.05 bits per heavy atom. The van der Waals surface area contributed by atoms with Crippen molar-refractivity contribution >= 4 is 5.96 Å². The maximum Gasteiger partial charge on any atom is 0.193 e. The molecule has 0 spiro atoms. The summed E-state index contributed by atoms with van der Waals surface area (Å²) >= 11 is 0. The van der Waals surface area contributed by atoms with Gasteiger partial charge in [-0.05, 0) is 23.3 Å². The van der Waals surface area contributed by atoms with Gasteiger partial charge in [-0.25, -0.2) is 0 Å². The summed E-state index contributed by atoms with van der Waals surface area (Å²) in [5.74, 6) is 1.75. The maximum absolute atomic E-state index is 5.18. The zero-order valence-electron chi connectivity index (χ0n) is 13.4. The van der Waals surface area contributed by atoms with E-state index in [1.807, 2.05) is 37.4 Å². The minimum absolute atomic E-state index is 0.764. The van der Waals surface area contributed by atoms with Crippen LogP contribution in [0.3, 0.4) is 0 Å². The molecular weight excluding hydrogens is 274 g/mol. The lowest BCUT2D eigenvalue weighted by Gasteiger charge is -2.22. The first-order valence-corrected chi connectivity index (χ1v) is 7.31. The van der Waals surface area contributed by atoms with Crippen LogP contribution in [0.1, 0.15) is 11.1 Å². The highest BCUT2D eigenvalue weighted by atomic mass is 16.5. The fourth-order valence-corrected chi connectivity index (χ4v) is 2.24. The van der Waals surface area contributed by atoms with Gasteiger partial charge in [-0.1, -0.05) is 42.5 Å². The zero-order chi connectivity index (χ0) is 15.8. The smallest absolute Gasteiger partial charge is 0.193 e. The van der Waals surface area contributed by atoms with Gasteiger partial charge in [0.2, 0.25) is 0 Å². The van der Waals surface area contributed by atoms with Crippen LogP contribution in [0.4, 0.5) is 0 Å². The molecule has 2 rings (SSSR count). The topological polar surface area (TPSA) is 36.9 Å². The Morgan fingerprint density at radius 2 is 1.73 bits per heavy atom. The maximum atomic E-state index is 5.18. The average Bonchev–Trinajstić information content (AvgIpc) is 2.57. The van der Waals surface area contributed by atoms with Gasteiger partial charge < -0.3 is 15.0 Å². The van der Waals surface area contributed by atoms with E-state index in [2.05, 4.69) is 39.5 Å². The molecule has 1 N–H and O–H groups in total. The van der Waals surface area contributed by atoms with E-state index in [-0.39, 0.29) is 0 Å². The molecule has 0 heterocycles. The van der Waals surface area contributed by atoms with Crippen LogP contribution in [-0.2, 0) is 13.1 Å². The van der Waals surface area contributed by atoms with E-state index in [9.17, 15) is 0 Å². The Kier molecular flexibility index (Phi) is 5.83.